The van der Waals surface area contributed by atoms with Gasteiger partial charge in [0.25, 0.3) is 0 Å². The normalized spacial score (nSPS) is 16.9. The van der Waals surface area contributed by atoms with Crippen LogP contribution in [0.2, 0.25) is 0 Å². The van der Waals surface area contributed by atoms with Crippen LogP contribution in [0.3, 0.4) is 0 Å². The molecule has 98 valence electrons. The fraction of sp³-hybridized carbons (Fsp3) is 0.538. The van der Waals surface area contributed by atoms with Crippen LogP contribution in [0.5, 0.6) is 0 Å². The van der Waals surface area contributed by atoms with Gasteiger partial charge in [-0.2, -0.15) is 0 Å². The second kappa shape index (κ2) is 6.20. The molecule has 0 bridgehead atoms. The molecule has 2 rings (SSSR count). The number of aromatic nitrogens is 1. The Balaban J connectivity index is 1.60. The van der Waals surface area contributed by atoms with Crippen LogP contribution in [0.25, 0.3) is 0 Å². The van der Waals surface area contributed by atoms with Gasteiger partial charge in [0.2, 0.25) is 5.91 Å². The molecular weight excluding hydrogens is 248 g/mol. The van der Waals surface area contributed by atoms with Gasteiger partial charge in [-0.25, -0.2) is 4.98 Å². The van der Waals surface area contributed by atoms with E-state index < -0.39 is 5.60 Å². The average molecular weight is 266 g/mol. The van der Waals surface area contributed by atoms with E-state index in [0.717, 1.165) is 24.3 Å². The van der Waals surface area contributed by atoms with E-state index in [9.17, 15) is 9.90 Å². The van der Waals surface area contributed by atoms with Gasteiger partial charge in [-0.3, -0.25) is 4.79 Å². The number of hydrogen-bond acceptors (Lipinski definition) is 4. The van der Waals surface area contributed by atoms with E-state index >= 15 is 0 Å². The van der Waals surface area contributed by atoms with Crippen molar-refractivity contribution in [1.82, 2.24) is 10.3 Å². The van der Waals surface area contributed by atoms with E-state index in [-0.39, 0.29) is 5.91 Å². The molecule has 1 fully saturated rings. The van der Waals surface area contributed by atoms with Gasteiger partial charge in [0.05, 0.1) is 10.6 Å². The Labute approximate surface area is 111 Å². The zero-order chi connectivity index (χ0) is 12.8. The summed E-state index contributed by atoms with van der Waals surface area (Å²) >= 11 is 1.57. The van der Waals surface area contributed by atoms with E-state index in [1.165, 1.54) is 0 Å². The smallest absolute Gasteiger partial charge is 0.220 e. The van der Waals surface area contributed by atoms with E-state index in [1.54, 1.807) is 18.0 Å². The highest BCUT2D eigenvalue weighted by Crippen LogP contribution is 2.30. The van der Waals surface area contributed by atoms with Gasteiger partial charge in [0.15, 0.2) is 0 Å². The minimum absolute atomic E-state index is 0.00115. The maximum Gasteiger partial charge on any atom is 0.220 e. The fourth-order valence-corrected chi connectivity index (χ4v) is 2.60. The number of pyridine rings is 1. The molecule has 0 aromatic carbocycles. The third-order valence-electron chi connectivity index (χ3n) is 3.12. The van der Waals surface area contributed by atoms with Crippen molar-refractivity contribution in [2.75, 3.05) is 12.3 Å². The Bertz CT molecular complexity index is 393. The van der Waals surface area contributed by atoms with Crippen molar-refractivity contribution in [3.05, 3.63) is 24.4 Å². The number of aliphatic hydroxyl groups is 1. The predicted octanol–water partition coefficient (Wildman–Crippen LogP) is 1.60. The minimum Gasteiger partial charge on any atom is -0.388 e. The van der Waals surface area contributed by atoms with Gasteiger partial charge >= 0.3 is 0 Å². The summed E-state index contributed by atoms with van der Waals surface area (Å²) in [4.78, 5) is 15.7. The zero-order valence-electron chi connectivity index (χ0n) is 10.3. The van der Waals surface area contributed by atoms with E-state index in [0.29, 0.717) is 18.7 Å². The van der Waals surface area contributed by atoms with Gasteiger partial charge in [0, 0.05) is 24.9 Å². The second-order valence-corrected chi connectivity index (χ2v) is 5.74. The fourth-order valence-electron chi connectivity index (χ4n) is 1.79. The third kappa shape index (κ3) is 3.99. The summed E-state index contributed by atoms with van der Waals surface area (Å²) in [5.41, 5.74) is -0.635. The van der Waals surface area contributed by atoms with Gasteiger partial charge in [-0.05, 0) is 31.4 Å². The molecule has 1 heterocycles. The van der Waals surface area contributed by atoms with Crippen LogP contribution in [0.1, 0.15) is 25.7 Å². The maximum absolute atomic E-state index is 11.6. The second-order valence-electron chi connectivity index (χ2n) is 4.62. The molecule has 0 saturated heterocycles. The van der Waals surface area contributed by atoms with Crippen molar-refractivity contribution in [2.24, 2.45) is 0 Å². The molecule has 0 atom stereocenters. The minimum atomic E-state index is -0.635. The van der Waals surface area contributed by atoms with E-state index in [4.69, 9.17) is 0 Å². The first-order valence-electron chi connectivity index (χ1n) is 6.21. The number of amides is 1. The molecule has 1 aromatic heterocycles. The van der Waals surface area contributed by atoms with Crippen molar-refractivity contribution in [1.29, 1.82) is 0 Å². The Kier molecular flexibility index (Phi) is 4.60. The summed E-state index contributed by atoms with van der Waals surface area (Å²) in [6.07, 6.45) is 4.86. The van der Waals surface area contributed by atoms with Crippen LogP contribution in [0, 0.1) is 0 Å². The molecule has 18 heavy (non-hydrogen) atoms. The van der Waals surface area contributed by atoms with Crippen molar-refractivity contribution in [2.45, 2.75) is 36.3 Å². The lowest BCUT2D eigenvalue weighted by molar-refractivity contribution is -0.123. The van der Waals surface area contributed by atoms with Crippen molar-refractivity contribution in [3.63, 3.8) is 0 Å². The Morgan fingerprint density at radius 3 is 2.94 bits per heavy atom. The third-order valence-corrected chi connectivity index (χ3v) is 4.06. The van der Waals surface area contributed by atoms with Crippen LogP contribution in [0.15, 0.2) is 29.4 Å². The summed E-state index contributed by atoms with van der Waals surface area (Å²) in [5.74, 6) is 0.708. The van der Waals surface area contributed by atoms with Crippen LogP contribution < -0.4 is 5.32 Å². The SMILES string of the molecule is O=C(CCSc1ccccn1)NCC1(O)CCC1. The van der Waals surface area contributed by atoms with Crippen molar-refractivity contribution in [3.8, 4) is 0 Å². The number of hydrogen-bond donors (Lipinski definition) is 2. The monoisotopic (exact) mass is 266 g/mol. The first kappa shape index (κ1) is 13.4. The van der Waals surface area contributed by atoms with Gasteiger partial charge in [-0.1, -0.05) is 6.07 Å². The molecular formula is C13H18N2O2S. The van der Waals surface area contributed by atoms with Gasteiger partial charge in [0.1, 0.15) is 0 Å². The summed E-state index contributed by atoms with van der Waals surface area (Å²) in [7, 11) is 0. The number of rotatable bonds is 6. The molecule has 1 aliphatic rings. The van der Waals surface area contributed by atoms with E-state index in [2.05, 4.69) is 10.3 Å². The van der Waals surface area contributed by atoms with Crippen molar-refractivity contribution < 1.29 is 9.90 Å². The van der Waals surface area contributed by atoms with Crippen LogP contribution >= 0.6 is 11.8 Å². The molecule has 0 radical (unpaired) electrons. The molecule has 0 unspecified atom stereocenters. The highest BCUT2D eigenvalue weighted by atomic mass is 32.2. The van der Waals surface area contributed by atoms with Crippen LogP contribution in [-0.4, -0.2) is 33.9 Å². The molecule has 1 amide bonds. The standard InChI is InChI=1S/C13H18N2O2S/c16-11(15-10-13(17)6-3-7-13)5-9-18-12-4-1-2-8-14-12/h1-2,4,8,17H,3,5-7,9-10H2,(H,15,16). The topological polar surface area (TPSA) is 62.2 Å². The number of nitrogens with zero attached hydrogens (tertiary/aromatic N) is 1. The first-order valence-corrected chi connectivity index (χ1v) is 7.19. The average Bonchev–Trinajstić information content (AvgIpc) is 2.35. The molecule has 1 aromatic rings. The maximum atomic E-state index is 11.6. The lowest BCUT2D eigenvalue weighted by Crippen LogP contribution is -2.47. The highest BCUT2D eigenvalue weighted by Gasteiger charge is 2.34. The highest BCUT2D eigenvalue weighted by molar-refractivity contribution is 7.99. The quantitative estimate of drug-likeness (QED) is 0.768. The van der Waals surface area contributed by atoms with Crippen LogP contribution in [0.4, 0.5) is 0 Å². The molecule has 2 N–H and O–H groups in total. The predicted molar refractivity (Wildman–Crippen MR) is 71.4 cm³/mol. The summed E-state index contributed by atoms with van der Waals surface area (Å²) in [6, 6.07) is 5.73. The Morgan fingerprint density at radius 1 is 1.50 bits per heavy atom. The molecule has 1 aliphatic carbocycles. The zero-order valence-corrected chi connectivity index (χ0v) is 11.1. The Morgan fingerprint density at radius 2 is 2.33 bits per heavy atom. The Hall–Kier alpha value is -1.07. The number of carbonyl (C=O) groups is 1. The summed E-state index contributed by atoms with van der Waals surface area (Å²) in [5, 5.41) is 13.6. The lowest BCUT2D eigenvalue weighted by atomic mass is 9.80. The largest absolute Gasteiger partial charge is 0.388 e. The summed E-state index contributed by atoms with van der Waals surface area (Å²) in [6.45, 7) is 0.389. The number of carbonyl (C=O) groups excluding carboxylic acids is 1. The van der Waals surface area contributed by atoms with Gasteiger partial charge in [-0.15, -0.1) is 11.8 Å². The van der Waals surface area contributed by atoms with E-state index in [1.807, 2.05) is 18.2 Å². The number of thioether (sulfide) groups is 1. The lowest BCUT2D eigenvalue weighted by Gasteiger charge is -2.36. The van der Waals surface area contributed by atoms with Gasteiger partial charge < -0.3 is 10.4 Å². The molecule has 1 saturated carbocycles. The molecule has 0 spiro atoms. The number of nitrogens with one attached hydrogen (secondary N) is 1. The summed E-state index contributed by atoms with van der Waals surface area (Å²) < 4.78 is 0. The first-order chi connectivity index (χ1) is 8.68. The van der Waals surface area contributed by atoms with Crippen molar-refractivity contribution >= 4 is 17.7 Å². The molecule has 4 nitrogen and oxygen atoms in total. The molecule has 5 heteroatoms. The van der Waals surface area contributed by atoms with Crippen LogP contribution in [-0.2, 0) is 4.79 Å². The molecule has 0 aliphatic heterocycles.